The second-order valence-corrected chi connectivity index (χ2v) is 11.1. The summed E-state index contributed by atoms with van der Waals surface area (Å²) in [6.45, 7) is 8.44. The van der Waals surface area contributed by atoms with Gasteiger partial charge >= 0.3 is 5.97 Å². The molecule has 2 fully saturated rings. The Labute approximate surface area is 196 Å². The van der Waals surface area contributed by atoms with Crippen molar-refractivity contribution in [2.75, 3.05) is 32.8 Å². The zero-order valence-corrected chi connectivity index (χ0v) is 20.6. The van der Waals surface area contributed by atoms with Crippen LogP contribution in [-0.2, 0) is 32.6 Å². The fourth-order valence-corrected chi connectivity index (χ4v) is 6.17. The summed E-state index contributed by atoms with van der Waals surface area (Å²) in [7, 11) is -3.50. The van der Waals surface area contributed by atoms with Crippen LogP contribution in [0.2, 0.25) is 0 Å². The largest absolute Gasteiger partial charge is 0.466 e. The Kier molecular flexibility index (Phi) is 7.71. The van der Waals surface area contributed by atoms with Crippen LogP contribution in [0.3, 0.4) is 0 Å². The van der Waals surface area contributed by atoms with Crippen molar-refractivity contribution in [2.45, 2.75) is 70.4 Å². The Bertz CT molecular complexity index is 1070. The molecule has 1 saturated heterocycles. The molecule has 9 heteroatoms. The van der Waals surface area contributed by atoms with Gasteiger partial charge in [-0.1, -0.05) is 6.42 Å². The molecule has 2 aromatic rings. The monoisotopic (exact) mass is 476 g/mol. The van der Waals surface area contributed by atoms with Gasteiger partial charge in [0, 0.05) is 32.7 Å². The van der Waals surface area contributed by atoms with Gasteiger partial charge in [-0.15, -0.1) is 0 Å². The lowest BCUT2D eigenvalue weighted by molar-refractivity contribution is -0.143. The summed E-state index contributed by atoms with van der Waals surface area (Å²) in [6, 6.07) is 5.32. The summed E-state index contributed by atoms with van der Waals surface area (Å²) in [6.07, 6.45) is 5.75. The van der Waals surface area contributed by atoms with E-state index in [-0.39, 0.29) is 5.97 Å². The average Bonchev–Trinajstić information content (AvgIpc) is 3.56. The zero-order chi connectivity index (χ0) is 23.4. The number of sulfonamides is 1. The molecule has 182 valence electrons. The highest BCUT2D eigenvalue weighted by atomic mass is 32.2. The molecule has 0 amide bonds. The predicted octanol–water partition coefficient (Wildman–Crippen LogP) is 3.40. The number of esters is 1. The summed E-state index contributed by atoms with van der Waals surface area (Å²) in [4.78, 5) is 19.4. The summed E-state index contributed by atoms with van der Waals surface area (Å²) < 4.78 is 35.1. The summed E-state index contributed by atoms with van der Waals surface area (Å²) in [5.74, 6) is 1.42. The number of aryl methyl sites for hydroxylation is 1. The molecule has 0 unspecified atom stereocenters. The maximum absolute atomic E-state index is 13.1. The molecule has 2 aliphatic rings. The molecule has 2 heterocycles. The Morgan fingerprint density at radius 2 is 1.94 bits per heavy atom. The van der Waals surface area contributed by atoms with Crippen LogP contribution < -0.4 is 0 Å². The van der Waals surface area contributed by atoms with E-state index in [1.165, 1.54) is 12.8 Å². The lowest BCUT2D eigenvalue weighted by Gasteiger charge is -2.25. The molecule has 1 aliphatic carbocycles. The number of rotatable bonds is 11. The van der Waals surface area contributed by atoms with Crippen molar-refractivity contribution in [3.63, 3.8) is 0 Å². The van der Waals surface area contributed by atoms with Gasteiger partial charge in [0.2, 0.25) is 10.0 Å². The minimum absolute atomic E-state index is 0.171. The second kappa shape index (κ2) is 10.5. The molecule has 0 N–H and O–H groups in total. The third kappa shape index (κ3) is 5.75. The van der Waals surface area contributed by atoms with E-state index >= 15 is 0 Å². The number of carbonyl (C=O) groups excluding carboxylic acids is 1. The fraction of sp³-hybridized carbons (Fsp3) is 0.667. The van der Waals surface area contributed by atoms with Crippen LogP contribution in [-0.4, -0.2) is 65.9 Å². The fourth-order valence-electron chi connectivity index (χ4n) is 4.63. The number of hydrogen-bond donors (Lipinski definition) is 0. The molecule has 0 spiro atoms. The molecule has 0 bridgehead atoms. The van der Waals surface area contributed by atoms with E-state index in [0.717, 1.165) is 43.7 Å². The molecule has 0 atom stereocenters. The molecule has 4 rings (SSSR count). The number of carbonyl (C=O) groups is 1. The lowest BCUT2D eigenvalue weighted by atomic mass is 10.2. The molecule has 0 radical (unpaired) electrons. The highest BCUT2D eigenvalue weighted by Crippen LogP contribution is 2.31. The Morgan fingerprint density at radius 1 is 1.18 bits per heavy atom. The molecule has 8 nitrogen and oxygen atoms in total. The van der Waals surface area contributed by atoms with E-state index in [0.29, 0.717) is 55.5 Å². The van der Waals surface area contributed by atoms with Crippen molar-refractivity contribution >= 4 is 27.0 Å². The van der Waals surface area contributed by atoms with Gasteiger partial charge in [0.25, 0.3) is 0 Å². The van der Waals surface area contributed by atoms with Gasteiger partial charge in [-0.2, -0.15) is 4.31 Å². The molecular weight excluding hydrogens is 440 g/mol. The third-order valence-electron chi connectivity index (χ3n) is 6.58. The smallest absolute Gasteiger partial charge is 0.307 e. The van der Waals surface area contributed by atoms with Gasteiger partial charge in [-0.05, 0) is 63.6 Å². The number of imidazole rings is 1. The molecular formula is C24H36N4O4S. The van der Waals surface area contributed by atoms with Crippen LogP contribution >= 0.6 is 0 Å². The number of nitrogens with zero attached hydrogens (tertiary/aromatic N) is 4. The number of piperidine rings is 1. The van der Waals surface area contributed by atoms with Gasteiger partial charge in [-0.3, -0.25) is 9.69 Å². The lowest BCUT2D eigenvalue weighted by Crippen LogP contribution is -2.35. The Morgan fingerprint density at radius 3 is 2.61 bits per heavy atom. The van der Waals surface area contributed by atoms with Crippen molar-refractivity contribution in [1.29, 1.82) is 0 Å². The number of hydrogen-bond acceptors (Lipinski definition) is 6. The van der Waals surface area contributed by atoms with Crippen LogP contribution in [0.25, 0.3) is 11.0 Å². The minimum atomic E-state index is -3.50. The van der Waals surface area contributed by atoms with Crippen LogP contribution in [0.4, 0.5) is 0 Å². The summed E-state index contributed by atoms with van der Waals surface area (Å²) in [5.41, 5.74) is 1.66. The number of benzene rings is 1. The first-order chi connectivity index (χ1) is 15.9. The van der Waals surface area contributed by atoms with Crippen LogP contribution in [0.1, 0.15) is 58.2 Å². The summed E-state index contributed by atoms with van der Waals surface area (Å²) in [5, 5.41) is 0. The van der Waals surface area contributed by atoms with Gasteiger partial charge in [-0.25, -0.2) is 13.4 Å². The van der Waals surface area contributed by atoms with Crippen molar-refractivity contribution < 1.29 is 17.9 Å². The highest BCUT2D eigenvalue weighted by molar-refractivity contribution is 7.89. The van der Waals surface area contributed by atoms with E-state index < -0.39 is 10.0 Å². The Hall–Kier alpha value is -1.97. The van der Waals surface area contributed by atoms with E-state index in [4.69, 9.17) is 9.72 Å². The van der Waals surface area contributed by atoms with Crippen LogP contribution in [0.15, 0.2) is 23.1 Å². The number of aromatic nitrogens is 2. The molecule has 1 aromatic heterocycles. The number of fused-ring (bicyclic) bond motifs is 1. The van der Waals surface area contributed by atoms with Crippen molar-refractivity contribution in [3.05, 3.63) is 24.0 Å². The van der Waals surface area contributed by atoms with Crippen molar-refractivity contribution in [2.24, 2.45) is 5.92 Å². The normalized spacial score (nSPS) is 17.7. The molecule has 33 heavy (non-hydrogen) atoms. The predicted molar refractivity (Wildman–Crippen MR) is 127 cm³/mol. The Balaban J connectivity index is 1.56. The van der Waals surface area contributed by atoms with Crippen LogP contribution in [0, 0.1) is 5.92 Å². The van der Waals surface area contributed by atoms with Crippen molar-refractivity contribution in [3.8, 4) is 0 Å². The molecule has 1 saturated carbocycles. The maximum atomic E-state index is 13.1. The quantitative estimate of drug-likeness (QED) is 0.462. The average molecular weight is 477 g/mol. The van der Waals surface area contributed by atoms with E-state index in [1.807, 2.05) is 13.0 Å². The van der Waals surface area contributed by atoms with Gasteiger partial charge in [0.05, 0.1) is 35.5 Å². The molecule has 1 aromatic carbocycles. The van der Waals surface area contributed by atoms with Crippen LogP contribution in [0.5, 0.6) is 0 Å². The third-order valence-corrected chi connectivity index (χ3v) is 8.48. The topological polar surface area (TPSA) is 84.7 Å². The molecule has 1 aliphatic heterocycles. The maximum Gasteiger partial charge on any atom is 0.307 e. The van der Waals surface area contributed by atoms with E-state index in [2.05, 4.69) is 16.4 Å². The van der Waals surface area contributed by atoms with Gasteiger partial charge in [0.15, 0.2) is 0 Å². The highest BCUT2D eigenvalue weighted by Gasteiger charge is 2.28. The first kappa shape index (κ1) is 24.2. The standard InChI is InChI=1S/C24H36N4O4S/c1-3-28-22-11-10-20(33(30,31)27-13-6-5-7-14-27)16-21(22)25-23(28)18-26(17-19-8-9-19)15-12-24(29)32-4-2/h10-11,16,19H,3-9,12-15,17-18H2,1-2H3. The summed E-state index contributed by atoms with van der Waals surface area (Å²) >= 11 is 0. The second-order valence-electron chi connectivity index (χ2n) is 9.12. The van der Waals surface area contributed by atoms with E-state index in [1.54, 1.807) is 16.4 Å². The minimum Gasteiger partial charge on any atom is -0.466 e. The van der Waals surface area contributed by atoms with Gasteiger partial charge in [0.1, 0.15) is 5.82 Å². The van der Waals surface area contributed by atoms with E-state index in [9.17, 15) is 13.2 Å². The SMILES string of the molecule is CCOC(=O)CCN(Cc1nc2cc(S(=O)(=O)N3CCCCC3)ccc2n1CC)CC1CC1. The first-order valence-electron chi connectivity index (χ1n) is 12.3. The number of ether oxygens (including phenoxy) is 1. The first-order valence-corrected chi connectivity index (χ1v) is 13.7. The van der Waals surface area contributed by atoms with Gasteiger partial charge < -0.3 is 9.30 Å². The van der Waals surface area contributed by atoms with Crippen molar-refractivity contribution in [1.82, 2.24) is 18.8 Å². The zero-order valence-electron chi connectivity index (χ0n) is 19.8.